The third-order valence-corrected chi connectivity index (χ3v) is 3.34. The Labute approximate surface area is 110 Å². The Bertz CT molecular complexity index is 428. The maximum absolute atomic E-state index is 12.7. The number of halogens is 3. The van der Waals surface area contributed by atoms with Crippen molar-refractivity contribution in [2.45, 2.75) is 25.4 Å². The van der Waals surface area contributed by atoms with Crippen LogP contribution in [0.4, 0.5) is 13.2 Å². The molecule has 1 aromatic heterocycles. The average molecular weight is 274 g/mol. The second-order valence-corrected chi connectivity index (χ2v) is 4.80. The molecule has 1 aliphatic heterocycles. The Morgan fingerprint density at radius 2 is 2.00 bits per heavy atom. The van der Waals surface area contributed by atoms with Crippen molar-refractivity contribution in [1.29, 1.82) is 0 Å². The standard InChI is InChI=1S/C13H17F3N2O/c1-19-12-8-10(6-9-2-4-17-5-3-9)7-11(18-12)13(14,15)16/h7-9,17H,2-6H2,1H3. The molecule has 1 aliphatic rings. The van der Waals surface area contributed by atoms with Gasteiger partial charge in [0, 0.05) is 6.07 Å². The number of ether oxygens (including phenoxy) is 1. The van der Waals surface area contributed by atoms with E-state index in [4.69, 9.17) is 4.74 Å². The van der Waals surface area contributed by atoms with Crippen LogP contribution in [0.25, 0.3) is 0 Å². The molecule has 0 saturated carbocycles. The van der Waals surface area contributed by atoms with Crippen LogP contribution in [0, 0.1) is 5.92 Å². The molecule has 2 rings (SSSR count). The first-order valence-electron chi connectivity index (χ1n) is 6.32. The zero-order valence-electron chi connectivity index (χ0n) is 10.8. The number of hydrogen-bond donors (Lipinski definition) is 1. The third kappa shape index (κ3) is 3.83. The van der Waals surface area contributed by atoms with Crippen LogP contribution in [0.3, 0.4) is 0 Å². The third-order valence-electron chi connectivity index (χ3n) is 3.34. The fourth-order valence-corrected chi connectivity index (χ4v) is 2.35. The van der Waals surface area contributed by atoms with Gasteiger partial charge in [0.05, 0.1) is 7.11 Å². The van der Waals surface area contributed by atoms with Gasteiger partial charge in [-0.2, -0.15) is 13.2 Å². The van der Waals surface area contributed by atoms with Crippen molar-refractivity contribution in [1.82, 2.24) is 10.3 Å². The number of hydrogen-bond acceptors (Lipinski definition) is 3. The van der Waals surface area contributed by atoms with E-state index in [0.717, 1.165) is 32.0 Å². The molecule has 1 N–H and O–H groups in total. The molecule has 1 aromatic rings. The highest BCUT2D eigenvalue weighted by Crippen LogP contribution is 2.31. The monoisotopic (exact) mass is 274 g/mol. The fraction of sp³-hybridized carbons (Fsp3) is 0.615. The molecule has 106 valence electrons. The minimum absolute atomic E-state index is 0.0266. The molecular formula is C13H17F3N2O. The lowest BCUT2D eigenvalue weighted by atomic mass is 9.91. The van der Waals surface area contributed by atoms with Crippen LogP contribution in [-0.2, 0) is 12.6 Å². The molecular weight excluding hydrogens is 257 g/mol. The van der Waals surface area contributed by atoms with Gasteiger partial charge in [-0.1, -0.05) is 0 Å². The quantitative estimate of drug-likeness (QED) is 0.920. The summed E-state index contributed by atoms with van der Waals surface area (Å²) >= 11 is 0. The number of rotatable bonds is 3. The number of alkyl halides is 3. The van der Waals surface area contributed by atoms with Gasteiger partial charge in [-0.15, -0.1) is 0 Å². The predicted octanol–water partition coefficient (Wildman–Crippen LogP) is 2.65. The van der Waals surface area contributed by atoms with Crippen molar-refractivity contribution < 1.29 is 17.9 Å². The van der Waals surface area contributed by atoms with E-state index in [1.165, 1.54) is 7.11 Å². The van der Waals surface area contributed by atoms with Crippen molar-refractivity contribution in [2.24, 2.45) is 5.92 Å². The molecule has 6 heteroatoms. The normalized spacial score (nSPS) is 17.5. The topological polar surface area (TPSA) is 34.1 Å². The summed E-state index contributed by atoms with van der Waals surface area (Å²) in [6, 6.07) is 2.72. The molecule has 0 spiro atoms. The van der Waals surface area contributed by atoms with Gasteiger partial charge in [0.2, 0.25) is 5.88 Å². The zero-order valence-corrected chi connectivity index (χ0v) is 10.8. The number of nitrogens with zero attached hydrogens (tertiary/aromatic N) is 1. The number of pyridine rings is 1. The van der Waals surface area contributed by atoms with Crippen LogP contribution in [0.5, 0.6) is 5.88 Å². The molecule has 1 saturated heterocycles. The Morgan fingerprint density at radius 3 is 2.58 bits per heavy atom. The van der Waals surface area contributed by atoms with E-state index in [-0.39, 0.29) is 5.88 Å². The number of nitrogens with one attached hydrogen (secondary N) is 1. The SMILES string of the molecule is COc1cc(CC2CCNCC2)cc(C(F)(F)F)n1. The zero-order chi connectivity index (χ0) is 13.9. The molecule has 0 aliphatic carbocycles. The van der Waals surface area contributed by atoms with Gasteiger partial charge >= 0.3 is 6.18 Å². The van der Waals surface area contributed by atoms with E-state index < -0.39 is 11.9 Å². The van der Waals surface area contributed by atoms with Crippen LogP contribution in [0.15, 0.2) is 12.1 Å². The van der Waals surface area contributed by atoms with Gasteiger partial charge in [-0.25, -0.2) is 4.98 Å². The molecule has 0 atom stereocenters. The van der Waals surface area contributed by atoms with Gasteiger partial charge < -0.3 is 10.1 Å². The average Bonchev–Trinajstić information content (AvgIpc) is 2.38. The molecule has 0 amide bonds. The molecule has 19 heavy (non-hydrogen) atoms. The van der Waals surface area contributed by atoms with E-state index >= 15 is 0 Å². The fourth-order valence-electron chi connectivity index (χ4n) is 2.35. The van der Waals surface area contributed by atoms with Crippen LogP contribution >= 0.6 is 0 Å². The van der Waals surface area contributed by atoms with Gasteiger partial charge in [-0.3, -0.25) is 0 Å². The summed E-state index contributed by atoms with van der Waals surface area (Å²) in [6.07, 6.45) is -1.81. The minimum atomic E-state index is -4.43. The van der Waals surface area contributed by atoms with E-state index in [9.17, 15) is 13.2 Å². The molecule has 0 bridgehead atoms. The summed E-state index contributed by atoms with van der Waals surface area (Å²) in [5, 5.41) is 3.24. The predicted molar refractivity (Wildman–Crippen MR) is 65.1 cm³/mol. The van der Waals surface area contributed by atoms with Crippen LogP contribution in [0.1, 0.15) is 24.1 Å². The smallest absolute Gasteiger partial charge is 0.433 e. The van der Waals surface area contributed by atoms with Crippen molar-refractivity contribution in [3.63, 3.8) is 0 Å². The molecule has 3 nitrogen and oxygen atoms in total. The van der Waals surface area contributed by atoms with E-state index in [1.54, 1.807) is 6.07 Å². The number of piperidine rings is 1. The van der Waals surface area contributed by atoms with E-state index in [2.05, 4.69) is 10.3 Å². The van der Waals surface area contributed by atoms with Crippen LogP contribution in [0.2, 0.25) is 0 Å². The lowest BCUT2D eigenvalue weighted by molar-refractivity contribution is -0.141. The first-order chi connectivity index (χ1) is 8.99. The van der Waals surface area contributed by atoms with Gasteiger partial charge in [0.25, 0.3) is 0 Å². The minimum Gasteiger partial charge on any atom is -0.481 e. The molecule has 1 fully saturated rings. The summed E-state index contributed by atoms with van der Waals surface area (Å²) in [5.41, 5.74) is -0.234. The summed E-state index contributed by atoms with van der Waals surface area (Å²) in [4.78, 5) is 3.46. The Balaban J connectivity index is 2.19. The maximum atomic E-state index is 12.7. The second kappa shape index (κ2) is 5.77. The highest BCUT2D eigenvalue weighted by atomic mass is 19.4. The number of aromatic nitrogens is 1. The van der Waals surface area contributed by atoms with Crippen LogP contribution < -0.4 is 10.1 Å². The highest BCUT2D eigenvalue weighted by Gasteiger charge is 2.33. The molecule has 2 heterocycles. The van der Waals surface area contributed by atoms with Crippen molar-refractivity contribution in [3.8, 4) is 5.88 Å². The Morgan fingerprint density at radius 1 is 1.32 bits per heavy atom. The lowest BCUT2D eigenvalue weighted by Gasteiger charge is -2.23. The number of methoxy groups -OCH3 is 1. The first-order valence-corrected chi connectivity index (χ1v) is 6.32. The van der Waals surface area contributed by atoms with Crippen LogP contribution in [-0.4, -0.2) is 25.2 Å². The maximum Gasteiger partial charge on any atom is 0.433 e. The first kappa shape index (κ1) is 14.1. The van der Waals surface area contributed by atoms with Gasteiger partial charge in [-0.05, 0) is 49.9 Å². The van der Waals surface area contributed by atoms with Crippen molar-refractivity contribution in [3.05, 3.63) is 23.4 Å². The molecule has 0 aromatic carbocycles. The summed E-state index contributed by atoms with van der Waals surface area (Å²) < 4.78 is 43.1. The molecule has 0 radical (unpaired) electrons. The lowest BCUT2D eigenvalue weighted by Crippen LogP contribution is -2.28. The van der Waals surface area contributed by atoms with Crippen molar-refractivity contribution in [2.75, 3.05) is 20.2 Å². The van der Waals surface area contributed by atoms with Gasteiger partial charge in [0.1, 0.15) is 5.69 Å². The Hall–Kier alpha value is -1.30. The molecule has 0 unspecified atom stereocenters. The summed E-state index contributed by atoms with van der Waals surface area (Å²) in [5.74, 6) is 0.452. The summed E-state index contributed by atoms with van der Waals surface area (Å²) in [6.45, 7) is 1.86. The summed E-state index contributed by atoms with van der Waals surface area (Å²) in [7, 11) is 1.33. The largest absolute Gasteiger partial charge is 0.481 e. The second-order valence-electron chi connectivity index (χ2n) is 4.80. The van der Waals surface area contributed by atoms with E-state index in [1.807, 2.05) is 0 Å². The Kier molecular flexibility index (Phi) is 4.29. The van der Waals surface area contributed by atoms with E-state index in [0.29, 0.717) is 17.9 Å². The highest BCUT2D eigenvalue weighted by molar-refractivity contribution is 5.27. The van der Waals surface area contributed by atoms with Gasteiger partial charge in [0.15, 0.2) is 0 Å². The van der Waals surface area contributed by atoms with Crippen molar-refractivity contribution >= 4 is 0 Å².